The lowest BCUT2D eigenvalue weighted by Crippen LogP contribution is -2.59. The first kappa shape index (κ1) is 10.5. The summed E-state index contributed by atoms with van der Waals surface area (Å²) in [6, 6.07) is -0.0168. The third kappa shape index (κ3) is 2.00. The minimum Gasteiger partial charge on any atom is -0.274 e. The van der Waals surface area contributed by atoms with Crippen molar-refractivity contribution in [2.24, 2.45) is 5.92 Å². The van der Waals surface area contributed by atoms with Crippen LogP contribution >= 0.6 is 0 Å². The van der Waals surface area contributed by atoms with Crippen LogP contribution < -0.4 is 4.72 Å². The second-order valence-corrected chi connectivity index (χ2v) is 5.07. The van der Waals surface area contributed by atoms with Crippen molar-refractivity contribution >= 4 is 16.1 Å². The van der Waals surface area contributed by atoms with Crippen LogP contribution in [0.25, 0.3) is 0 Å². The van der Waals surface area contributed by atoms with Crippen molar-refractivity contribution in [1.82, 2.24) is 9.03 Å². The summed E-state index contributed by atoms with van der Waals surface area (Å²) in [5.74, 6) is -0.185. The normalized spacial score (nSPS) is 29.5. The average Bonchev–Trinajstić information content (AvgIpc) is 1.96. The minimum atomic E-state index is -3.57. The van der Waals surface area contributed by atoms with Gasteiger partial charge in [0, 0.05) is 19.5 Å². The molecule has 1 aliphatic heterocycles. The van der Waals surface area contributed by atoms with Crippen LogP contribution in [0.4, 0.5) is 0 Å². The van der Waals surface area contributed by atoms with Crippen molar-refractivity contribution in [1.29, 1.82) is 0 Å². The lowest BCUT2D eigenvalue weighted by molar-refractivity contribution is -0.117. The maximum absolute atomic E-state index is 11.4. The van der Waals surface area contributed by atoms with Gasteiger partial charge in [0.05, 0.1) is 0 Å². The van der Waals surface area contributed by atoms with Gasteiger partial charge < -0.3 is 0 Å². The standard InChI is InChI=1S/C7H14N2O3S/c1-5-4-9(6(5)2)13(11,12)8-7(3)10/h5-6H,4H2,1-3H3,(H,8,10)/t5-,6+/m0/s1. The van der Waals surface area contributed by atoms with E-state index in [2.05, 4.69) is 0 Å². The first-order valence-corrected chi connectivity index (χ1v) is 5.58. The highest BCUT2D eigenvalue weighted by molar-refractivity contribution is 7.87. The van der Waals surface area contributed by atoms with Gasteiger partial charge in [0.15, 0.2) is 0 Å². The molecule has 0 spiro atoms. The number of nitrogens with one attached hydrogen (secondary N) is 1. The second kappa shape index (κ2) is 3.26. The zero-order chi connectivity index (χ0) is 10.2. The molecule has 0 saturated carbocycles. The van der Waals surface area contributed by atoms with E-state index in [9.17, 15) is 13.2 Å². The van der Waals surface area contributed by atoms with Gasteiger partial charge in [0.1, 0.15) is 0 Å². The SMILES string of the molecule is CC(=O)NS(=O)(=O)N1C[C@H](C)[C@H]1C. The zero-order valence-corrected chi connectivity index (χ0v) is 8.76. The lowest BCUT2D eigenvalue weighted by Gasteiger charge is -2.42. The molecule has 6 heteroatoms. The monoisotopic (exact) mass is 206 g/mol. The van der Waals surface area contributed by atoms with E-state index in [1.165, 1.54) is 11.2 Å². The van der Waals surface area contributed by atoms with Crippen LogP contribution in [0.15, 0.2) is 0 Å². The van der Waals surface area contributed by atoms with Crippen LogP contribution in [-0.2, 0) is 15.0 Å². The smallest absolute Gasteiger partial charge is 0.274 e. The summed E-state index contributed by atoms with van der Waals surface area (Å²) in [5, 5.41) is 0. The molecule has 0 unspecified atom stereocenters. The summed E-state index contributed by atoms with van der Waals surface area (Å²) in [6.07, 6.45) is 0. The van der Waals surface area contributed by atoms with Crippen molar-refractivity contribution in [3.05, 3.63) is 0 Å². The van der Waals surface area contributed by atoms with Crippen LogP contribution in [0, 0.1) is 5.92 Å². The molecule has 1 amide bonds. The molecule has 0 aliphatic carbocycles. The molecule has 0 radical (unpaired) electrons. The van der Waals surface area contributed by atoms with Gasteiger partial charge in [0.25, 0.3) is 0 Å². The molecule has 76 valence electrons. The quantitative estimate of drug-likeness (QED) is 0.675. The Morgan fingerprint density at radius 1 is 1.46 bits per heavy atom. The van der Waals surface area contributed by atoms with E-state index in [1.54, 1.807) is 0 Å². The highest BCUT2D eigenvalue weighted by atomic mass is 32.2. The Kier molecular flexibility index (Phi) is 2.63. The van der Waals surface area contributed by atoms with Crippen LogP contribution in [0.1, 0.15) is 20.8 Å². The molecule has 1 aliphatic rings. The molecule has 5 nitrogen and oxygen atoms in total. The van der Waals surface area contributed by atoms with Gasteiger partial charge in [-0.2, -0.15) is 12.7 Å². The highest BCUT2D eigenvalue weighted by Crippen LogP contribution is 2.25. The highest BCUT2D eigenvalue weighted by Gasteiger charge is 2.40. The molecule has 1 saturated heterocycles. The Morgan fingerprint density at radius 2 is 2.00 bits per heavy atom. The summed E-state index contributed by atoms with van der Waals surface area (Å²) in [7, 11) is -3.57. The number of hydrogen-bond acceptors (Lipinski definition) is 3. The third-order valence-corrected chi connectivity index (χ3v) is 3.97. The van der Waals surface area contributed by atoms with Crippen molar-refractivity contribution in [3.63, 3.8) is 0 Å². The van der Waals surface area contributed by atoms with Gasteiger partial charge in [-0.05, 0) is 12.8 Å². The number of nitrogens with zero attached hydrogens (tertiary/aromatic N) is 1. The molecule has 0 bridgehead atoms. The Balaban J connectivity index is 2.67. The number of hydrogen-bond donors (Lipinski definition) is 1. The largest absolute Gasteiger partial charge is 0.304 e. The molecule has 0 aromatic heterocycles. The maximum Gasteiger partial charge on any atom is 0.304 e. The number of amides is 1. The predicted molar refractivity (Wildman–Crippen MR) is 48.1 cm³/mol. The molecule has 1 N–H and O–H groups in total. The molecule has 1 heterocycles. The number of rotatable bonds is 2. The summed E-state index contributed by atoms with van der Waals surface area (Å²) in [5.41, 5.74) is 0. The van der Waals surface area contributed by atoms with E-state index in [0.29, 0.717) is 12.5 Å². The van der Waals surface area contributed by atoms with Gasteiger partial charge in [-0.3, -0.25) is 4.79 Å². The Morgan fingerprint density at radius 3 is 2.31 bits per heavy atom. The first-order valence-electron chi connectivity index (χ1n) is 4.14. The Hall–Kier alpha value is -0.620. The van der Waals surface area contributed by atoms with Crippen LogP contribution in [0.5, 0.6) is 0 Å². The van der Waals surface area contributed by atoms with Gasteiger partial charge in [-0.1, -0.05) is 6.92 Å². The fourth-order valence-corrected chi connectivity index (χ4v) is 2.86. The molecular formula is C7H14N2O3S. The second-order valence-electron chi connectivity index (χ2n) is 3.45. The number of carbonyl (C=O) groups is 1. The molecule has 0 aromatic carbocycles. The van der Waals surface area contributed by atoms with E-state index in [1.807, 2.05) is 18.6 Å². The Labute approximate surface area is 78.3 Å². The molecule has 13 heavy (non-hydrogen) atoms. The van der Waals surface area contributed by atoms with Crippen molar-refractivity contribution in [3.8, 4) is 0 Å². The average molecular weight is 206 g/mol. The predicted octanol–water partition coefficient (Wildman–Crippen LogP) is -0.292. The topological polar surface area (TPSA) is 66.5 Å². The molecule has 2 atom stereocenters. The number of carbonyl (C=O) groups excluding carboxylic acids is 1. The van der Waals surface area contributed by atoms with E-state index in [4.69, 9.17) is 0 Å². The minimum absolute atomic E-state index is 0.0168. The fraction of sp³-hybridized carbons (Fsp3) is 0.857. The maximum atomic E-state index is 11.4. The van der Waals surface area contributed by atoms with E-state index < -0.39 is 16.1 Å². The fourth-order valence-electron chi connectivity index (χ4n) is 1.31. The summed E-state index contributed by atoms with van der Waals surface area (Å²) >= 11 is 0. The van der Waals surface area contributed by atoms with Crippen LogP contribution in [0.2, 0.25) is 0 Å². The van der Waals surface area contributed by atoms with Crippen LogP contribution in [-0.4, -0.2) is 31.2 Å². The van der Waals surface area contributed by atoms with E-state index in [0.717, 1.165) is 0 Å². The summed E-state index contributed by atoms with van der Waals surface area (Å²) in [4.78, 5) is 10.6. The Bertz CT molecular complexity index is 312. The summed E-state index contributed by atoms with van der Waals surface area (Å²) in [6.45, 7) is 5.48. The zero-order valence-electron chi connectivity index (χ0n) is 7.94. The molecular weight excluding hydrogens is 192 g/mol. The molecule has 1 fully saturated rings. The molecule has 1 rings (SSSR count). The molecule has 0 aromatic rings. The van der Waals surface area contributed by atoms with Gasteiger partial charge >= 0.3 is 10.2 Å². The van der Waals surface area contributed by atoms with Gasteiger partial charge in [-0.25, -0.2) is 4.72 Å². The third-order valence-electron chi connectivity index (χ3n) is 2.33. The van der Waals surface area contributed by atoms with Crippen molar-refractivity contribution in [2.45, 2.75) is 26.8 Å². The van der Waals surface area contributed by atoms with Crippen LogP contribution in [0.3, 0.4) is 0 Å². The van der Waals surface area contributed by atoms with Crippen molar-refractivity contribution < 1.29 is 13.2 Å². The van der Waals surface area contributed by atoms with Gasteiger partial charge in [0.2, 0.25) is 5.91 Å². The van der Waals surface area contributed by atoms with Crippen molar-refractivity contribution in [2.75, 3.05) is 6.54 Å². The van der Waals surface area contributed by atoms with E-state index in [-0.39, 0.29) is 6.04 Å². The first-order chi connectivity index (χ1) is 5.84. The summed E-state index contributed by atoms with van der Waals surface area (Å²) < 4.78 is 26.0. The van der Waals surface area contributed by atoms with Gasteiger partial charge in [-0.15, -0.1) is 0 Å². The lowest BCUT2D eigenvalue weighted by atomic mass is 9.96. The van der Waals surface area contributed by atoms with E-state index >= 15 is 0 Å².